The summed E-state index contributed by atoms with van der Waals surface area (Å²) in [5.74, 6) is 0.962. The first-order valence-corrected chi connectivity index (χ1v) is 11.1. The minimum Gasteiger partial charge on any atom is -0.357 e. The van der Waals surface area contributed by atoms with Crippen molar-refractivity contribution in [1.82, 2.24) is 15.5 Å². The number of nitrogens with one attached hydrogen (secondary N) is 2. The molecule has 0 aliphatic carbocycles. The van der Waals surface area contributed by atoms with E-state index in [0.717, 1.165) is 45.0 Å². The maximum atomic E-state index is 4.81. The van der Waals surface area contributed by atoms with Crippen LogP contribution in [0.15, 0.2) is 35.3 Å². The van der Waals surface area contributed by atoms with Crippen LogP contribution in [-0.2, 0) is 0 Å². The Morgan fingerprint density at radius 3 is 2.44 bits per heavy atom. The average molecular weight is 505 g/mol. The predicted octanol–water partition coefficient (Wildman–Crippen LogP) is 4.53. The van der Waals surface area contributed by atoms with Gasteiger partial charge in [0.25, 0.3) is 0 Å². The summed E-state index contributed by atoms with van der Waals surface area (Å²) >= 11 is 1.87. The normalized spacial score (nSPS) is 17.9. The Morgan fingerprint density at radius 1 is 1.26 bits per heavy atom. The Bertz CT molecular complexity index is 557. The summed E-state index contributed by atoms with van der Waals surface area (Å²) in [6, 6.07) is 11.8. The minimum atomic E-state index is 0. The van der Waals surface area contributed by atoms with Gasteiger partial charge >= 0.3 is 0 Å². The number of hydrogen-bond acceptors (Lipinski definition) is 3. The predicted molar refractivity (Wildman–Crippen MR) is 132 cm³/mol. The number of hydrogen-bond donors (Lipinski definition) is 2. The smallest absolute Gasteiger partial charge is 0.191 e. The number of thioether (sulfide) groups is 1. The van der Waals surface area contributed by atoms with E-state index in [-0.39, 0.29) is 28.7 Å². The van der Waals surface area contributed by atoms with Crippen LogP contribution >= 0.6 is 35.7 Å². The van der Waals surface area contributed by atoms with Crippen LogP contribution in [0.25, 0.3) is 0 Å². The van der Waals surface area contributed by atoms with Crippen LogP contribution in [0, 0.1) is 0 Å². The fourth-order valence-electron chi connectivity index (χ4n) is 3.22. The lowest BCUT2D eigenvalue weighted by atomic mass is 10.0. The van der Waals surface area contributed by atoms with Gasteiger partial charge < -0.3 is 10.6 Å². The molecule has 0 saturated carbocycles. The Balaban J connectivity index is 0.00000364. The zero-order valence-corrected chi connectivity index (χ0v) is 20.6. The molecule has 1 aromatic rings. The van der Waals surface area contributed by atoms with Crippen LogP contribution in [0.3, 0.4) is 0 Å². The van der Waals surface area contributed by atoms with Crippen LogP contribution < -0.4 is 10.6 Å². The number of aliphatic imine (C=N–C) groups is 1. The molecule has 0 radical (unpaired) electrons. The van der Waals surface area contributed by atoms with Gasteiger partial charge in [0.1, 0.15) is 0 Å². The number of piperidine rings is 1. The molecule has 2 rings (SSSR count). The van der Waals surface area contributed by atoms with Crippen LogP contribution in [0.1, 0.15) is 52.1 Å². The molecular formula is C21H37IN4S. The molecule has 2 N–H and O–H groups in total. The number of guanidine groups is 1. The van der Waals surface area contributed by atoms with E-state index in [1.54, 1.807) is 0 Å². The SMILES string of the molecule is CCNC(=NCC(C)(C)SC)NC1CCN(C(C)c2ccccc2)CC1.I. The second-order valence-corrected chi connectivity index (χ2v) is 9.21. The van der Waals surface area contributed by atoms with E-state index in [9.17, 15) is 0 Å². The Morgan fingerprint density at radius 2 is 1.89 bits per heavy atom. The van der Waals surface area contributed by atoms with Crippen molar-refractivity contribution in [3.63, 3.8) is 0 Å². The molecular weight excluding hydrogens is 467 g/mol. The van der Waals surface area contributed by atoms with Gasteiger partial charge in [-0.25, -0.2) is 0 Å². The average Bonchev–Trinajstić information content (AvgIpc) is 2.67. The van der Waals surface area contributed by atoms with E-state index in [1.165, 1.54) is 5.56 Å². The fourth-order valence-corrected chi connectivity index (χ4v) is 3.41. The molecule has 6 heteroatoms. The topological polar surface area (TPSA) is 39.7 Å². The Labute approximate surface area is 187 Å². The minimum absolute atomic E-state index is 0. The number of nitrogens with zero attached hydrogens (tertiary/aromatic N) is 2. The molecule has 0 spiro atoms. The van der Waals surface area contributed by atoms with E-state index < -0.39 is 0 Å². The van der Waals surface area contributed by atoms with E-state index in [2.05, 4.69) is 79.8 Å². The molecule has 27 heavy (non-hydrogen) atoms. The lowest BCUT2D eigenvalue weighted by Crippen LogP contribution is -2.49. The molecule has 0 aromatic heterocycles. The third-order valence-corrected chi connectivity index (χ3v) is 6.45. The van der Waals surface area contributed by atoms with Crippen LogP contribution in [0.2, 0.25) is 0 Å². The highest BCUT2D eigenvalue weighted by Crippen LogP contribution is 2.24. The van der Waals surface area contributed by atoms with Crippen molar-refractivity contribution in [2.24, 2.45) is 4.99 Å². The molecule has 1 aliphatic rings. The van der Waals surface area contributed by atoms with Crippen molar-refractivity contribution in [3.05, 3.63) is 35.9 Å². The van der Waals surface area contributed by atoms with Gasteiger partial charge in [0.15, 0.2) is 5.96 Å². The summed E-state index contributed by atoms with van der Waals surface area (Å²) in [6.45, 7) is 12.9. The van der Waals surface area contributed by atoms with Crippen molar-refractivity contribution in [3.8, 4) is 0 Å². The largest absolute Gasteiger partial charge is 0.357 e. The maximum absolute atomic E-state index is 4.81. The molecule has 4 nitrogen and oxygen atoms in total. The number of benzene rings is 1. The van der Waals surface area contributed by atoms with Gasteiger partial charge in [0, 0.05) is 36.5 Å². The Kier molecular flexibility index (Phi) is 11.1. The second kappa shape index (κ2) is 12.2. The van der Waals surface area contributed by atoms with Gasteiger partial charge in [0.2, 0.25) is 0 Å². The molecule has 0 bridgehead atoms. The highest BCUT2D eigenvalue weighted by atomic mass is 127. The van der Waals surface area contributed by atoms with Crippen molar-refractivity contribution in [2.75, 3.05) is 32.4 Å². The van der Waals surface area contributed by atoms with Crippen LogP contribution in [-0.4, -0.2) is 54.1 Å². The first kappa shape index (κ1) is 24.6. The molecule has 154 valence electrons. The molecule has 1 aliphatic heterocycles. The highest BCUT2D eigenvalue weighted by molar-refractivity contribution is 14.0. The van der Waals surface area contributed by atoms with E-state index in [4.69, 9.17) is 4.99 Å². The lowest BCUT2D eigenvalue weighted by Gasteiger charge is -2.37. The summed E-state index contributed by atoms with van der Waals surface area (Å²) in [4.78, 5) is 7.40. The number of rotatable bonds is 7. The summed E-state index contributed by atoms with van der Waals surface area (Å²) in [7, 11) is 0. The van der Waals surface area contributed by atoms with Crippen molar-refractivity contribution >= 4 is 41.7 Å². The number of halogens is 1. The van der Waals surface area contributed by atoms with Gasteiger partial charge in [-0.1, -0.05) is 30.3 Å². The molecule has 1 heterocycles. The standard InChI is InChI=1S/C21H36N4S.HI/c1-6-22-20(23-16-21(3,4)26-5)24-19-12-14-25(15-13-19)17(2)18-10-8-7-9-11-18;/h7-11,17,19H,6,12-16H2,1-5H3,(H2,22,23,24);1H. The quantitative estimate of drug-likeness (QED) is 0.325. The molecule has 1 atom stereocenters. The first-order valence-electron chi connectivity index (χ1n) is 9.84. The molecule has 0 amide bonds. The number of likely N-dealkylation sites (tertiary alicyclic amines) is 1. The molecule has 1 saturated heterocycles. The summed E-state index contributed by atoms with van der Waals surface area (Å²) in [5.41, 5.74) is 1.41. The van der Waals surface area contributed by atoms with Gasteiger partial charge in [-0.2, -0.15) is 11.8 Å². The van der Waals surface area contributed by atoms with E-state index in [1.807, 2.05) is 11.8 Å². The van der Waals surface area contributed by atoms with Crippen molar-refractivity contribution in [1.29, 1.82) is 0 Å². The summed E-state index contributed by atoms with van der Waals surface area (Å²) in [6.07, 6.45) is 4.47. The van der Waals surface area contributed by atoms with Crippen molar-refractivity contribution < 1.29 is 0 Å². The molecule has 1 unspecified atom stereocenters. The first-order chi connectivity index (χ1) is 12.4. The zero-order chi connectivity index (χ0) is 19.0. The fraction of sp³-hybridized carbons (Fsp3) is 0.667. The monoisotopic (exact) mass is 504 g/mol. The maximum Gasteiger partial charge on any atom is 0.191 e. The summed E-state index contributed by atoms with van der Waals surface area (Å²) < 4.78 is 0.177. The molecule has 1 aromatic carbocycles. The summed E-state index contributed by atoms with van der Waals surface area (Å²) in [5, 5.41) is 7.06. The third-order valence-electron chi connectivity index (χ3n) is 5.21. The van der Waals surface area contributed by atoms with Gasteiger partial charge in [-0.15, -0.1) is 24.0 Å². The third kappa shape index (κ3) is 8.20. The van der Waals surface area contributed by atoms with Crippen LogP contribution in [0.4, 0.5) is 0 Å². The van der Waals surface area contributed by atoms with E-state index in [0.29, 0.717) is 12.1 Å². The van der Waals surface area contributed by atoms with E-state index >= 15 is 0 Å². The second-order valence-electron chi connectivity index (χ2n) is 7.70. The highest BCUT2D eigenvalue weighted by Gasteiger charge is 2.24. The zero-order valence-electron chi connectivity index (χ0n) is 17.5. The molecule has 1 fully saturated rings. The Hall–Kier alpha value is -0.470. The lowest BCUT2D eigenvalue weighted by molar-refractivity contribution is 0.158. The van der Waals surface area contributed by atoms with Gasteiger partial charge in [-0.3, -0.25) is 9.89 Å². The van der Waals surface area contributed by atoms with Crippen molar-refractivity contribution in [2.45, 2.75) is 57.4 Å². The van der Waals surface area contributed by atoms with Gasteiger partial charge in [-0.05, 0) is 52.4 Å². The van der Waals surface area contributed by atoms with Gasteiger partial charge in [0.05, 0.1) is 6.54 Å². The van der Waals surface area contributed by atoms with Crippen LogP contribution in [0.5, 0.6) is 0 Å².